The molecule has 0 unspecified atom stereocenters. The minimum Gasteiger partial charge on any atom is -0.497 e. The van der Waals surface area contributed by atoms with Gasteiger partial charge in [0, 0.05) is 43.5 Å². The van der Waals surface area contributed by atoms with Gasteiger partial charge in [-0.2, -0.15) is 0 Å². The molecule has 5 nitrogen and oxygen atoms in total. The van der Waals surface area contributed by atoms with E-state index in [-0.39, 0.29) is 5.56 Å². The summed E-state index contributed by atoms with van der Waals surface area (Å²) >= 11 is 0. The fourth-order valence-corrected chi connectivity index (χ4v) is 2.07. The van der Waals surface area contributed by atoms with Gasteiger partial charge in [-0.25, -0.2) is 0 Å². The fraction of sp³-hybridized carbons (Fsp3) is 0.312. The Morgan fingerprint density at radius 1 is 1.14 bits per heavy atom. The Labute approximate surface area is 124 Å². The van der Waals surface area contributed by atoms with Gasteiger partial charge in [0.1, 0.15) is 11.5 Å². The molecule has 5 heteroatoms. The standard InChI is InChI=1S/C16H20N2O3/c1-20-14-7-6-13(15(11-14)21-2)12-17-8-10-18-9-4-3-5-16(18)19/h3-7,9,11,17H,8,10,12H2,1-2H3. The normalized spacial score (nSPS) is 10.4. The molecule has 1 aromatic heterocycles. The van der Waals surface area contributed by atoms with Gasteiger partial charge in [-0.15, -0.1) is 0 Å². The number of nitrogens with zero attached hydrogens (tertiary/aromatic N) is 1. The van der Waals surface area contributed by atoms with Crippen molar-refractivity contribution in [2.24, 2.45) is 0 Å². The maximum atomic E-state index is 11.6. The van der Waals surface area contributed by atoms with Crippen molar-refractivity contribution in [3.05, 3.63) is 58.5 Å². The number of hydrogen-bond donors (Lipinski definition) is 1. The molecule has 2 aromatic rings. The Hall–Kier alpha value is -2.27. The Balaban J connectivity index is 1.89. The van der Waals surface area contributed by atoms with E-state index in [1.54, 1.807) is 37.1 Å². The second-order valence-corrected chi connectivity index (χ2v) is 4.59. The molecule has 21 heavy (non-hydrogen) atoms. The zero-order valence-corrected chi connectivity index (χ0v) is 12.3. The third-order valence-electron chi connectivity index (χ3n) is 3.24. The van der Waals surface area contributed by atoms with E-state index < -0.39 is 0 Å². The largest absolute Gasteiger partial charge is 0.497 e. The fourth-order valence-electron chi connectivity index (χ4n) is 2.07. The van der Waals surface area contributed by atoms with E-state index in [0.29, 0.717) is 19.6 Å². The lowest BCUT2D eigenvalue weighted by Gasteiger charge is -2.11. The molecule has 112 valence electrons. The quantitative estimate of drug-likeness (QED) is 0.787. The summed E-state index contributed by atoms with van der Waals surface area (Å²) in [6.07, 6.45) is 1.79. The van der Waals surface area contributed by atoms with E-state index in [9.17, 15) is 4.79 Å². The van der Waals surface area contributed by atoms with Gasteiger partial charge in [-0.05, 0) is 12.1 Å². The Bertz CT molecular complexity index is 637. The summed E-state index contributed by atoms with van der Waals surface area (Å²) in [6.45, 7) is 2.02. The summed E-state index contributed by atoms with van der Waals surface area (Å²) in [4.78, 5) is 11.6. The smallest absolute Gasteiger partial charge is 0.250 e. The van der Waals surface area contributed by atoms with Crippen molar-refractivity contribution < 1.29 is 9.47 Å². The number of benzene rings is 1. The highest BCUT2D eigenvalue weighted by Crippen LogP contribution is 2.24. The zero-order valence-electron chi connectivity index (χ0n) is 12.3. The van der Waals surface area contributed by atoms with E-state index in [4.69, 9.17) is 9.47 Å². The Morgan fingerprint density at radius 3 is 2.71 bits per heavy atom. The van der Waals surface area contributed by atoms with E-state index in [1.165, 1.54) is 0 Å². The monoisotopic (exact) mass is 288 g/mol. The first kappa shape index (κ1) is 15.1. The second-order valence-electron chi connectivity index (χ2n) is 4.59. The van der Waals surface area contributed by atoms with Gasteiger partial charge in [0.15, 0.2) is 0 Å². The number of hydrogen-bond acceptors (Lipinski definition) is 4. The van der Waals surface area contributed by atoms with Crippen LogP contribution in [0.2, 0.25) is 0 Å². The van der Waals surface area contributed by atoms with Crippen molar-refractivity contribution in [3.8, 4) is 11.5 Å². The highest BCUT2D eigenvalue weighted by atomic mass is 16.5. The van der Waals surface area contributed by atoms with Crippen LogP contribution in [0, 0.1) is 0 Å². The summed E-state index contributed by atoms with van der Waals surface area (Å²) in [5, 5.41) is 3.31. The molecule has 0 aliphatic carbocycles. The molecule has 0 saturated carbocycles. The van der Waals surface area contributed by atoms with Crippen LogP contribution < -0.4 is 20.3 Å². The number of pyridine rings is 1. The minimum absolute atomic E-state index is 0.0151. The van der Waals surface area contributed by atoms with Gasteiger partial charge in [-0.3, -0.25) is 4.79 Å². The lowest BCUT2D eigenvalue weighted by molar-refractivity contribution is 0.389. The first-order chi connectivity index (χ1) is 10.2. The van der Waals surface area contributed by atoms with Crippen LogP contribution in [-0.4, -0.2) is 25.3 Å². The van der Waals surface area contributed by atoms with E-state index in [1.807, 2.05) is 24.3 Å². The van der Waals surface area contributed by atoms with E-state index in [0.717, 1.165) is 17.1 Å². The second kappa shape index (κ2) is 7.50. The lowest BCUT2D eigenvalue weighted by atomic mass is 10.2. The van der Waals surface area contributed by atoms with Crippen molar-refractivity contribution in [2.45, 2.75) is 13.1 Å². The summed E-state index contributed by atoms with van der Waals surface area (Å²) in [5.74, 6) is 1.56. The first-order valence-electron chi connectivity index (χ1n) is 6.81. The molecule has 0 spiro atoms. The zero-order chi connectivity index (χ0) is 15.1. The van der Waals surface area contributed by atoms with Crippen LogP contribution in [0.25, 0.3) is 0 Å². The third-order valence-corrected chi connectivity index (χ3v) is 3.24. The molecule has 0 fully saturated rings. The summed E-state index contributed by atoms with van der Waals surface area (Å²) in [7, 11) is 3.27. The van der Waals surface area contributed by atoms with Gasteiger partial charge in [0.2, 0.25) is 0 Å². The molecule has 0 aliphatic heterocycles. The molecule has 0 bridgehead atoms. The number of aromatic nitrogens is 1. The van der Waals surface area contributed by atoms with Crippen LogP contribution >= 0.6 is 0 Å². The van der Waals surface area contributed by atoms with Crippen molar-refractivity contribution in [1.29, 1.82) is 0 Å². The van der Waals surface area contributed by atoms with Crippen LogP contribution in [0.15, 0.2) is 47.4 Å². The minimum atomic E-state index is 0.0151. The Kier molecular flexibility index (Phi) is 5.40. The average Bonchev–Trinajstić information content (AvgIpc) is 2.53. The SMILES string of the molecule is COc1ccc(CNCCn2ccccc2=O)c(OC)c1. The van der Waals surface area contributed by atoms with Gasteiger partial charge in [-0.1, -0.05) is 12.1 Å². The molecule has 0 atom stereocenters. The van der Waals surface area contributed by atoms with Crippen molar-refractivity contribution in [3.63, 3.8) is 0 Å². The van der Waals surface area contributed by atoms with Crippen LogP contribution in [0.5, 0.6) is 11.5 Å². The Morgan fingerprint density at radius 2 is 2.00 bits per heavy atom. The molecule has 1 heterocycles. The summed E-state index contributed by atoms with van der Waals surface area (Å²) in [6, 6.07) is 10.9. The predicted octanol–water partition coefficient (Wildman–Crippen LogP) is 1.66. The topological polar surface area (TPSA) is 52.5 Å². The summed E-state index contributed by atoms with van der Waals surface area (Å²) in [5.41, 5.74) is 1.07. The van der Waals surface area contributed by atoms with Gasteiger partial charge < -0.3 is 19.4 Å². The molecular weight excluding hydrogens is 268 g/mol. The van der Waals surface area contributed by atoms with Crippen LogP contribution in [-0.2, 0) is 13.1 Å². The van der Waals surface area contributed by atoms with Crippen LogP contribution in [0.4, 0.5) is 0 Å². The maximum absolute atomic E-state index is 11.6. The van der Waals surface area contributed by atoms with Crippen molar-refractivity contribution in [1.82, 2.24) is 9.88 Å². The van der Waals surface area contributed by atoms with Crippen LogP contribution in [0.3, 0.4) is 0 Å². The van der Waals surface area contributed by atoms with Gasteiger partial charge in [0.25, 0.3) is 5.56 Å². The average molecular weight is 288 g/mol. The number of ether oxygens (including phenoxy) is 2. The summed E-state index contributed by atoms with van der Waals surface area (Å²) < 4.78 is 12.2. The molecule has 0 aliphatic rings. The van der Waals surface area contributed by atoms with Crippen molar-refractivity contribution in [2.75, 3.05) is 20.8 Å². The molecule has 1 aromatic carbocycles. The van der Waals surface area contributed by atoms with Gasteiger partial charge in [0.05, 0.1) is 14.2 Å². The highest BCUT2D eigenvalue weighted by Gasteiger charge is 2.04. The molecular formula is C16H20N2O3. The molecule has 1 N–H and O–H groups in total. The van der Waals surface area contributed by atoms with E-state index in [2.05, 4.69) is 5.32 Å². The van der Waals surface area contributed by atoms with Crippen molar-refractivity contribution >= 4 is 0 Å². The van der Waals surface area contributed by atoms with Crippen LogP contribution in [0.1, 0.15) is 5.56 Å². The molecule has 0 amide bonds. The molecule has 2 rings (SSSR count). The maximum Gasteiger partial charge on any atom is 0.250 e. The molecule has 0 radical (unpaired) electrons. The number of methoxy groups -OCH3 is 2. The lowest BCUT2D eigenvalue weighted by Crippen LogP contribution is -2.25. The third kappa shape index (κ3) is 4.10. The molecule has 0 saturated heterocycles. The van der Waals surface area contributed by atoms with E-state index >= 15 is 0 Å². The number of rotatable bonds is 7. The number of nitrogens with one attached hydrogen (secondary N) is 1. The van der Waals surface area contributed by atoms with Gasteiger partial charge >= 0.3 is 0 Å². The highest BCUT2D eigenvalue weighted by molar-refractivity contribution is 5.40. The predicted molar refractivity (Wildman–Crippen MR) is 82.0 cm³/mol. The first-order valence-corrected chi connectivity index (χ1v) is 6.81.